The minimum Gasteiger partial charge on any atom is -0.337 e. The molecular formula is C18H27N5OS. The Bertz CT molecular complexity index is 716. The van der Waals surface area contributed by atoms with E-state index in [1.54, 1.807) is 0 Å². The third-order valence-electron chi connectivity index (χ3n) is 3.97. The summed E-state index contributed by atoms with van der Waals surface area (Å²) in [5.41, 5.74) is 2.07. The third kappa shape index (κ3) is 4.34. The number of carbonyl (C=O) groups excluding carboxylic acids is 1. The molecule has 7 heteroatoms. The van der Waals surface area contributed by atoms with Crippen LogP contribution < -0.4 is 5.84 Å². The van der Waals surface area contributed by atoms with Crippen LogP contribution in [0.1, 0.15) is 40.2 Å². The molecule has 2 N–H and O–H groups in total. The van der Waals surface area contributed by atoms with Crippen molar-refractivity contribution in [3.05, 3.63) is 29.8 Å². The summed E-state index contributed by atoms with van der Waals surface area (Å²) >= 11 is 1.33. The lowest BCUT2D eigenvalue weighted by Gasteiger charge is -2.32. The van der Waals surface area contributed by atoms with E-state index in [9.17, 15) is 4.79 Å². The molecule has 25 heavy (non-hydrogen) atoms. The molecule has 1 heterocycles. The van der Waals surface area contributed by atoms with E-state index in [1.807, 2.05) is 70.7 Å². The number of nitrogens with two attached hydrogens (primary N) is 1. The Balaban J connectivity index is 2.18. The van der Waals surface area contributed by atoms with E-state index in [0.29, 0.717) is 11.0 Å². The van der Waals surface area contributed by atoms with Crippen LogP contribution in [0.5, 0.6) is 0 Å². The van der Waals surface area contributed by atoms with Gasteiger partial charge in [0.05, 0.1) is 5.25 Å². The van der Waals surface area contributed by atoms with Crippen LogP contribution in [0.4, 0.5) is 0 Å². The molecule has 0 spiro atoms. The maximum Gasteiger partial charge on any atom is 0.236 e. The van der Waals surface area contributed by atoms with Crippen LogP contribution in [0.15, 0.2) is 29.4 Å². The second kappa shape index (κ2) is 7.91. The number of nitrogens with zero attached hydrogens (tertiary/aromatic N) is 4. The lowest BCUT2D eigenvalue weighted by atomic mass is 10.1. The molecule has 0 fully saturated rings. The highest BCUT2D eigenvalue weighted by molar-refractivity contribution is 8.00. The van der Waals surface area contributed by atoms with Gasteiger partial charge in [-0.2, -0.15) is 0 Å². The molecule has 0 radical (unpaired) electrons. The van der Waals surface area contributed by atoms with Crippen LogP contribution in [-0.2, 0) is 4.79 Å². The topological polar surface area (TPSA) is 77.0 Å². The standard InChI is InChI=1S/C18H27N5OS/c1-11(2)22(12(3)4)17(24)14(6)25-18-21-20-16(23(18)19)15-9-7-13(5)8-10-15/h7-12,14H,19H2,1-6H3/t14-/m1/s1. The first-order valence-corrected chi connectivity index (χ1v) is 9.36. The predicted octanol–water partition coefficient (Wildman–Crippen LogP) is 3.09. The summed E-state index contributed by atoms with van der Waals surface area (Å²) in [4.78, 5) is 14.6. The molecule has 2 rings (SSSR count). The minimum atomic E-state index is -0.290. The molecular weight excluding hydrogens is 334 g/mol. The summed E-state index contributed by atoms with van der Waals surface area (Å²) in [5.74, 6) is 6.83. The number of amides is 1. The summed E-state index contributed by atoms with van der Waals surface area (Å²) in [5, 5.41) is 8.59. The van der Waals surface area contributed by atoms with Crippen LogP contribution in [0.25, 0.3) is 11.4 Å². The van der Waals surface area contributed by atoms with Crippen molar-refractivity contribution in [2.75, 3.05) is 5.84 Å². The zero-order chi connectivity index (χ0) is 18.7. The number of carbonyl (C=O) groups is 1. The Labute approximate surface area is 153 Å². The monoisotopic (exact) mass is 361 g/mol. The molecule has 1 atom stereocenters. The van der Waals surface area contributed by atoms with Gasteiger partial charge in [-0.15, -0.1) is 10.2 Å². The van der Waals surface area contributed by atoms with Gasteiger partial charge in [0.1, 0.15) is 0 Å². The van der Waals surface area contributed by atoms with Gasteiger partial charge in [0.25, 0.3) is 0 Å². The molecule has 0 saturated carbocycles. The second-order valence-corrected chi connectivity index (χ2v) is 8.04. The Morgan fingerprint density at radius 2 is 1.64 bits per heavy atom. The second-order valence-electron chi connectivity index (χ2n) is 6.74. The van der Waals surface area contributed by atoms with E-state index in [4.69, 9.17) is 5.84 Å². The minimum absolute atomic E-state index is 0.0786. The molecule has 0 aliphatic rings. The highest BCUT2D eigenvalue weighted by atomic mass is 32.2. The zero-order valence-corrected chi connectivity index (χ0v) is 16.5. The van der Waals surface area contributed by atoms with E-state index in [0.717, 1.165) is 5.56 Å². The highest BCUT2D eigenvalue weighted by Gasteiger charge is 2.27. The van der Waals surface area contributed by atoms with Gasteiger partial charge in [0.2, 0.25) is 11.1 Å². The van der Waals surface area contributed by atoms with Gasteiger partial charge >= 0.3 is 0 Å². The van der Waals surface area contributed by atoms with Crippen molar-refractivity contribution >= 4 is 17.7 Å². The van der Waals surface area contributed by atoms with Gasteiger partial charge in [-0.05, 0) is 41.5 Å². The van der Waals surface area contributed by atoms with Crippen molar-refractivity contribution in [1.29, 1.82) is 0 Å². The molecule has 0 unspecified atom stereocenters. The van der Waals surface area contributed by atoms with Crippen LogP contribution >= 0.6 is 11.8 Å². The fourth-order valence-electron chi connectivity index (χ4n) is 2.78. The van der Waals surface area contributed by atoms with E-state index in [1.165, 1.54) is 22.0 Å². The molecule has 2 aromatic rings. The average Bonchev–Trinajstić information content (AvgIpc) is 2.88. The Hall–Kier alpha value is -2.02. The number of hydrogen-bond acceptors (Lipinski definition) is 5. The average molecular weight is 362 g/mol. The number of benzene rings is 1. The van der Waals surface area contributed by atoms with Crippen LogP contribution in [0.3, 0.4) is 0 Å². The first-order valence-electron chi connectivity index (χ1n) is 8.48. The maximum absolute atomic E-state index is 12.8. The summed E-state index contributed by atoms with van der Waals surface area (Å²) in [6.45, 7) is 12.0. The third-order valence-corrected chi connectivity index (χ3v) is 5.02. The molecule has 1 aromatic carbocycles. The van der Waals surface area contributed by atoms with Gasteiger partial charge in [0.15, 0.2) is 5.82 Å². The Morgan fingerprint density at radius 3 is 2.16 bits per heavy atom. The van der Waals surface area contributed by atoms with Crippen molar-refractivity contribution < 1.29 is 4.79 Å². The van der Waals surface area contributed by atoms with Crippen LogP contribution in [0.2, 0.25) is 0 Å². The van der Waals surface area contributed by atoms with Gasteiger partial charge in [-0.1, -0.05) is 41.6 Å². The van der Waals surface area contributed by atoms with E-state index >= 15 is 0 Å². The Morgan fingerprint density at radius 1 is 1.08 bits per heavy atom. The fraction of sp³-hybridized carbons (Fsp3) is 0.500. The number of hydrogen-bond donors (Lipinski definition) is 1. The molecule has 0 bridgehead atoms. The molecule has 1 aromatic heterocycles. The number of nitrogen functional groups attached to an aromatic ring is 1. The first kappa shape index (κ1) is 19.3. The van der Waals surface area contributed by atoms with Crippen molar-refractivity contribution in [2.24, 2.45) is 0 Å². The number of thioether (sulfide) groups is 1. The largest absolute Gasteiger partial charge is 0.337 e. The van der Waals surface area contributed by atoms with Crippen molar-refractivity contribution in [3.63, 3.8) is 0 Å². The predicted molar refractivity (Wildman–Crippen MR) is 103 cm³/mol. The Kier molecular flexibility index (Phi) is 6.11. The SMILES string of the molecule is Cc1ccc(-c2nnc(S[C@H](C)C(=O)N(C(C)C)C(C)C)n2N)cc1. The fourth-order valence-corrected chi connectivity index (χ4v) is 3.61. The summed E-state index contributed by atoms with van der Waals surface area (Å²) in [7, 11) is 0. The van der Waals surface area contributed by atoms with E-state index < -0.39 is 0 Å². The number of aryl methyl sites for hydroxylation is 1. The van der Waals surface area contributed by atoms with Gasteiger partial charge in [-0.3, -0.25) is 4.79 Å². The molecule has 1 amide bonds. The van der Waals surface area contributed by atoms with E-state index in [2.05, 4.69) is 10.2 Å². The van der Waals surface area contributed by atoms with E-state index in [-0.39, 0.29) is 23.2 Å². The van der Waals surface area contributed by atoms with Crippen LogP contribution in [0, 0.1) is 6.92 Å². The zero-order valence-electron chi connectivity index (χ0n) is 15.7. The highest BCUT2D eigenvalue weighted by Crippen LogP contribution is 2.26. The molecule has 0 saturated heterocycles. The molecule has 136 valence electrons. The number of rotatable bonds is 6. The summed E-state index contributed by atoms with van der Waals surface area (Å²) in [6, 6.07) is 8.23. The quantitative estimate of drug-likeness (QED) is 0.632. The lowest BCUT2D eigenvalue weighted by molar-refractivity contribution is -0.133. The maximum atomic E-state index is 12.8. The first-order chi connectivity index (χ1) is 11.7. The molecule has 0 aliphatic carbocycles. The summed E-state index contributed by atoms with van der Waals surface area (Å²) in [6.07, 6.45) is 0. The van der Waals surface area contributed by atoms with Gasteiger partial charge in [0, 0.05) is 17.6 Å². The van der Waals surface area contributed by atoms with Gasteiger partial charge < -0.3 is 10.7 Å². The van der Waals surface area contributed by atoms with Crippen LogP contribution in [-0.4, -0.2) is 43.0 Å². The molecule has 0 aliphatic heterocycles. The smallest absolute Gasteiger partial charge is 0.236 e. The normalized spacial score (nSPS) is 12.6. The van der Waals surface area contributed by atoms with Crippen molar-refractivity contribution in [2.45, 2.75) is 64.0 Å². The number of aromatic nitrogens is 3. The van der Waals surface area contributed by atoms with Crippen molar-refractivity contribution in [1.82, 2.24) is 19.8 Å². The van der Waals surface area contributed by atoms with Crippen molar-refractivity contribution in [3.8, 4) is 11.4 Å². The molecule has 6 nitrogen and oxygen atoms in total. The van der Waals surface area contributed by atoms with Gasteiger partial charge in [-0.25, -0.2) is 4.68 Å². The lowest BCUT2D eigenvalue weighted by Crippen LogP contribution is -2.45. The summed E-state index contributed by atoms with van der Waals surface area (Å²) < 4.78 is 1.45.